The molecule has 0 spiro atoms. The van der Waals surface area contributed by atoms with E-state index in [9.17, 15) is 24.4 Å². The van der Waals surface area contributed by atoms with Crippen molar-refractivity contribution in [2.24, 2.45) is 7.05 Å². The average Bonchev–Trinajstić information content (AvgIpc) is 3.28. The fourth-order valence-corrected chi connectivity index (χ4v) is 3.49. The van der Waals surface area contributed by atoms with Gasteiger partial charge in [-0.1, -0.05) is 30.3 Å². The van der Waals surface area contributed by atoms with Crippen LogP contribution >= 0.6 is 0 Å². The summed E-state index contributed by atoms with van der Waals surface area (Å²) in [5, 5.41) is 31.3. The van der Waals surface area contributed by atoms with E-state index >= 15 is 0 Å². The summed E-state index contributed by atoms with van der Waals surface area (Å²) in [5.74, 6) is -3.00. The molecule has 2 unspecified atom stereocenters. The lowest BCUT2D eigenvalue weighted by Crippen LogP contribution is -2.54. The molecule has 0 bridgehead atoms. The van der Waals surface area contributed by atoms with E-state index in [1.54, 1.807) is 13.2 Å². The maximum Gasteiger partial charge on any atom is 0.475 e. The van der Waals surface area contributed by atoms with Gasteiger partial charge in [-0.3, -0.25) is 24.0 Å². The van der Waals surface area contributed by atoms with Crippen molar-refractivity contribution < 1.29 is 24.4 Å². The van der Waals surface area contributed by atoms with E-state index in [0.717, 1.165) is 5.56 Å². The maximum absolute atomic E-state index is 13.1. The number of hydrogen-bond donors (Lipinski definition) is 5. The lowest BCUT2D eigenvalue weighted by molar-refractivity contribution is -0.126. The lowest BCUT2D eigenvalue weighted by atomic mass is 9.76. The molecule has 0 aliphatic heterocycles. The molecule has 13 heteroatoms. The molecule has 0 aliphatic rings. The first-order valence-corrected chi connectivity index (χ1v) is 11.4. The summed E-state index contributed by atoms with van der Waals surface area (Å²) in [6, 6.07) is 8.34. The highest BCUT2D eigenvalue weighted by atomic mass is 16.4. The van der Waals surface area contributed by atoms with Crippen LogP contribution in [0, 0.1) is 0 Å². The Hall–Kier alpha value is -4.10. The molecule has 12 nitrogen and oxygen atoms in total. The minimum absolute atomic E-state index is 0.0374. The van der Waals surface area contributed by atoms with Crippen molar-refractivity contribution in [1.29, 1.82) is 0 Å². The Morgan fingerprint density at radius 2 is 1.86 bits per heavy atom. The highest BCUT2D eigenvalue weighted by Gasteiger charge is 2.31. The number of aryl methyl sites for hydroxylation is 2. The van der Waals surface area contributed by atoms with E-state index in [0.29, 0.717) is 18.5 Å². The first-order chi connectivity index (χ1) is 17.3. The Morgan fingerprint density at radius 1 is 1.08 bits per heavy atom. The smallest absolute Gasteiger partial charge is 0.426 e. The van der Waals surface area contributed by atoms with E-state index < -0.39 is 43.2 Å². The Kier molecular flexibility index (Phi) is 9.66. The molecule has 0 saturated heterocycles. The second kappa shape index (κ2) is 13.1. The molecule has 2 atom stereocenters. The molecule has 36 heavy (non-hydrogen) atoms. The first-order valence-electron chi connectivity index (χ1n) is 11.4. The second-order valence-corrected chi connectivity index (χ2v) is 8.18. The molecule has 0 aliphatic carbocycles. The van der Waals surface area contributed by atoms with Gasteiger partial charge in [0.05, 0.1) is 30.4 Å². The number of hydrogen-bond acceptors (Lipinski definition) is 8. The fraction of sp³-hybridized carbons (Fsp3) is 0.304. The SMILES string of the molecule is Cn1cc(NC(=O)CC(NC(=O)c2cnccn2)C(=O)NC(CCCc2ccccc2)B(O)O)cn1. The third kappa shape index (κ3) is 8.29. The molecule has 188 valence electrons. The van der Waals surface area contributed by atoms with E-state index in [1.807, 2.05) is 30.3 Å². The molecule has 3 rings (SSSR count). The predicted molar refractivity (Wildman–Crippen MR) is 131 cm³/mol. The molecule has 3 amide bonds. The third-order valence-corrected chi connectivity index (χ3v) is 5.31. The Morgan fingerprint density at radius 3 is 2.50 bits per heavy atom. The van der Waals surface area contributed by atoms with Gasteiger partial charge in [-0.25, -0.2) is 4.98 Å². The number of nitrogens with one attached hydrogen (secondary N) is 3. The van der Waals surface area contributed by atoms with Crippen LogP contribution in [-0.2, 0) is 23.1 Å². The minimum Gasteiger partial charge on any atom is -0.426 e. The number of anilines is 1. The molecule has 2 heterocycles. The van der Waals surface area contributed by atoms with Crippen molar-refractivity contribution in [3.8, 4) is 0 Å². The van der Waals surface area contributed by atoms with Gasteiger partial charge in [-0.05, 0) is 24.8 Å². The molecular weight excluding hydrogens is 465 g/mol. The van der Waals surface area contributed by atoms with Crippen LogP contribution in [0.25, 0.3) is 0 Å². The monoisotopic (exact) mass is 493 g/mol. The number of nitrogens with zero attached hydrogens (tertiary/aromatic N) is 4. The van der Waals surface area contributed by atoms with Crippen LogP contribution in [0.2, 0.25) is 0 Å². The Bertz CT molecular complexity index is 1140. The van der Waals surface area contributed by atoms with Crippen LogP contribution in [-0.4, -0.2) is 66.6 Å². The van der Waals surface area contributed by atoms with E-state index in [1.165, 1.54) is 29.5 Å². The van der Waals surface area contributed by atoms with Crippen LogP contribution in [0.4, 0.5) is 5.69 Å². The summed E-state index contributed by atoms with van der Waals surface area (Å²) in [4.78, 5) is 46.0. The fourth-order valence-electron chi connectivity index (χ4n) is 3.49. The molecule has 5 N–H and O–H groups in total. The van der Waals surface area contributed by atoms with Crippen LogP contribution < -0.4 is 16.0 Å². The normalized spacial score (nSPS) is 12.3. The number of carbonyl (C=O) groups is 3. The highest BCUT2D eigenvalue weighted by molar-refractivity contribution is 6.43. The first kappa shape index (κ1) is 26.5. The summed E-state index contributed by atoms with van der Waals surface area (Å²) in [7, 11) is -0.143. The van der Waals surface area contributed by atoms with Gasteiger partial charge in [0, 0.05) is 25.6 Å². The molecule has 3 aromatic rings. The zero-order chi connectivity index (χ0) is 25.9. The van der Waals surface area contributed by atoms with Gasteiger partial charge in [0.25, 0.3) is 5.91 Å². The summed E-state index contributed by atoms with van der Waals surface area (Å²) in [6.07, 6.45) is 8.08. The number of carbonyl (C=O) groups excluding carboxylic acids is 3. The van der Waals surface area contributed by atoms with Crippen LogP contribution in [0.3, 0.4) is 0 Å². The van der Waals surface area contributed by atoms with Crippen LogP contribution in [0.15, 0.2) is 61.3 Å². The zero-order valence-corrected chi connectivity index (χ0v) is 19.7. The average molecular weight is 493 g/mol. The van der Waals surface area contributed by atoms with Crippen molar-refractivity contribution in [1.82, 2.24) is 30.4 Å². The van der Waals surface area contributed by atoms with Gasteiger partial charge in [0.15, 0.2) is 0 Å². The number of rotatable bonds is 12. The van der Waals surface area contributed by atoms with Crippen LogP contribution in [0.5, 0.6) is 0 Å². The quantitative estimate of drug-likeness (QED) is 0.217. The highest BCUT2D eigenvalue weighted by Crippen LogP contribution is 2.09. The lowest BCUT2D eigenvalue weighted by Gasteiger charge is -2.23. The number of aromatic nitrogens is 4. The maximum atomic E-state index is 13.1. The topological polar surface area (TPSA) is 171 Å². The zero-order valence-electron chi connectivity index (χ0n) is 19.7. The predicted octanol–water partition coefficient (Wildman–Crippen LogP) is -0.143. The van der Waals surface area contributed by atoms with Gasteiger partial charge >= 0.3 is 7.12 Å². The molecule has 0 fully saturated rings. The molecule has 1 aromatic carbocycles. The standard InChI is InChI=1S/C23H28BN7O5/c1-31-15-17(13-27-31)28-21(32)12-18(29-23(34)19-14-25-10-11-26-19)22(33)30-20(24(35)36)9-5-8-16-6-3-2-4-7-16/h2-4,6-7,10-11,13-15,18,20,35-36H,5,8-9,12H2,1H3,(H,28,32)(H,29,34)(H,30,33). The second-order valence-electron chi connectivity index (χ2n) is 8.18. The minimum atomic E-state index is -1.83. The van der Waals surface area contributed by atoms with Crippen molar-refractivity contribution in [3.63, 3.8) is 0 Å². The number of benzene rings is 1. The molecular formula is C23H28BN7O5. The van der Waals surface area contributed by atoms with E-state index in [4.69, 9.17) is 0 Å². The van der Waals surface area contributed by atoms with E-state index in [2.05, 4.69) is 31.0 Å². The van der Waals surface area contributed by atoms with Crippen molar-refractivity contribution in [2.45, 2.75) is 37.7 Å². The van der Waals surface area contributed by atoms with E-state index in [-0.39, 0.29) is 12.1 Å². The van der Waals surface area contributed by atoms with Gasteiger partial charge < -0.3 is 26.0 Å². The van der Waals surface area contributed by atoms with Gasteiger partial charge in [-0.15, -0.1) is 0 Å². The molecule has 2 aromatic heterocycles. The molecule has 0 saturated carbocycles. The number of amides is 3. The van der Waals surface area contributed by atoms with Gasteiger partial charge in [0.2, 0.25) is 11.8 Å². The van der Waals surface area contributed by atoms with Gasteiger partial charge in [0.1, 0.15) is 11.7 Å². The van der Waals surface area contributed by atoms with Crippen molar-refractivity contribution in [2.75, 3.05) is 5.32 Å². The van der Waals surface area contributed by atoms with Crippen molar-refractivity contribution >= 4 is 30.5 Å². The summed E-state index contributed by atoms with van der Waals surface area (Å²) in [6.45, 7) is 0. The molecule has 0 radical (unpaired) electrons. The van der Waals surface area contributed by atoms with Gasteiger partial charge in [-0.2, -0.15) is 5.10 Å². The summed E-state index contributed by atoms with van der Waals surface area (Å²) < 4.78 is 1.50. The van der Waals surface area contributed by atoms with Crippen molar-refractivity contribution in [3.05, 3.63) is 72.6 Å². The summed E-state index contributed by atoms with van der Waals surface area (Å²) >= 11 is 0. The third-order valence-electron chi connectivity index (χ3n) is 5.31. The largest absolute Gasteiger partial charge is 0.475 e. The Balaban J connectivity index is 1.66. The Labute approximate surface area is 208 Å². The van der Waals surface area contributed by atoms with Crippen LogP contribution in [0.1, 0.15) is 35.3 Å². The summed E-state index contributed by atoms with van der Waals surface area (Å²) in [5.41, 5.74) is 1.47.